The standard InChI is InChI=1S/C25H28N6O3/c1-15-7-8-18(20-9-11-26-24(28-20)25(4,5)33)13-21(15)31-17(3)27-22(16(2)23(31)32)34-14-19-10-12-30(6)29-19/h7-13,33H,14H2,1-6H3. The van der Waals surface area contributed by atoms with Crippen LogP contribution in [0.1, 0.15) is 42.3 Å². The third kappa shape index (κ3) is 4.60. The van der Waals surface area contributed by atoms with Crippen LogP contribution >= 0.6 is 0 Å². The molecule has 0 spiro atoms. The maximum atomic E-state index is 13.4. The molecule has 0 aliphatic rings. The van der Waals surface area contributed by atoms with Crippen molar-refractivity contribution in [3.05, 3.63) is 81.5 Å². The Morgan fingerprint density at radius 3 is 2.53 bits per heavy atom. The smallest absolute Gasteiger partial charge is 0.264 e. The van der Waals surface area contributed by atoms with Crippen LogP contribution in [0.15, 0.2) is 47.5 Å². The predicted molar refractivity (Wildman–Crippen MR) is 128 cm³/mol. The lowest BCUT2D eigenvalue weighted by Gasteiger charge is -2.18. The number of aliphatic hydroxyl groups is 1. The molecule has 34 heavy (non-hydrogen) atoms. The van der Waals surface area contributed by atoms with Crippen LogP contribution in [0.2, 0.25) is 0 Å². The molecular formula is C25H28N6O3. The molecule has 1 aromatic carbocycles. The average molecular weight is 461 g/mol. The predicted octanol–water partition coefficient (Wildman–Crippen LogP) is 3.15. The van der Waals surface area contributed by atoms with E-state index >= 15 is 0 Å². The van der Waals surface area contributed by atoms with E-state index in [9.17, 15) is 9.90 Å². The van der Waals surface area contributed by atoms with Gasteiger partial charge in [-0.05, 0) is 58.4 Å². The van der Waals surface area contributed by atoms with E-state index in [-0.39, 0.29) is 12.2 Å². The van der Waals surface area contributed by atoms with Crippen molar-refractivity contribution in [2.45, 2.75) is 46.8 Å². The molecule has 0 atom stereocenters. The second-order valence-corrected chi connectivity index (χ2v) is 8.82. The summed E-state index contributed by atoms with van der Waals surface area (Å²) >= 11 is 0. The van der Waals surface area contributed by atoms with Gasteiger partial charge in [0.25, 0.3) is 5.56 Å². The van der Waals surface area contributed by atoms with E-state index in [1.54, 1.807) is 49.2 Å². The van der Waals surface area contributed by atoms with Crippen LogP contribution in [0.25, 0.3) is 16.9 Å². The molecule has 0 saturated heterocycles. The van der Waals surface area contributed by atoms with E-state index in [0.29, 0.717) is 34.5 Å². The van der Waals surface area contributed by atoms with Gasteiger partial charge in [-0.1, -0.05) is 12.1 Å². The first-order valence-electron chi connectivity index (χ1n) is 10.9. The Morgan fingerprint density at radius 1 is 1.09 bits per heavy atom. The fourth-order valence-corrected chi connectivity index (χ4v) is 3.62. The fourth-order valence-electron chi connectivity index (χ4n) is 3.62. The van der Waals surface area contributed by atoms with Gasteiger partial charge in [-0.3, -0.25) is 14.0 Å². The zero-order chi connectivity index (χ0) is 24.6. The quantitative estimate of drug-likeness (QED) is 0.471. The van der Waals surface area contributed by atoms with Crippen LogP contribution in [-0.4, -0.2) is 34.4 Å². The molecule has 0 aliphatic heterocycles. The summed E-state index contributed by atoms with van der Waals surface area (Å²) in [7, 11) is 1.84. The summed E-state index contributed by atoms with van der Waals surface area (Å²) in [6.07, 6.45) is 3.45. The van der Waals surface area contributed by atoms with Crippen molar-refractivity contribution < 1.29 is 9.84 Å². The minimum absolute atomic E-state index is 0.205. The fraction of sp³-hybridized carbons (Fsp3) is 0.320. The largest absolute Gasteiger partial charge is 0.471 e. The van der Waals surface area contributed by atoms with Crippen LogP contribution in [-0.2, 0) is 19.3 Å². The third-order valence-electron chi connectivity index (χ3n) is 5.51. The summed E-state index contributed by atoms with van der Waals surface area (Å²) in [5.74, 6) is 1.13. The number of aromatic nitrogens is 6. The van der Waals surface area contributed by atoms with Gasteiger partial charge in [0, 0.05) is 25.0 Å². The Labute approximate surface area is 197 Å². The number of hydrogen-bond acceptors (Lipinski definition) is 7. The highest BCUT2D eigenvalue weighted by molar-refractivity contribution is 5.64. The van der Waals surface area contributed by atoms with Gasteiger partial charge in [-0.25, -0.2) is 9.97 Å². The molecule has 0 amide bonds. The second kappa shape index (κ2) is 8.83. The monoisotopic (exact) mass is 460 g/mol. The van der Waals surface area contributed by atoms with Crippen molar-refractivity contribution >= 4 is 0 Å². The van der Waals surface area contributed by atoms with Crippen molar-refractivity contribution in [3.63, 3.8) is 0 Å². The molecule has 0 unspecified atom stereocenters. The molecule has 3 aromatic heterocycles. The zero-order valence-corrected chi connectivity index (χ0v) is 20.2. The second-order valence-electron chi connectivity index (χ2n) is 8.82. The van der Waals surface area contributed by atoms with Gasteiger partial charge in [0.05, 0.1) is 22.6 Å². The van der Waals surface area contributed by atoms with Crippen molar-refractivity contribution in [3.8, 4) is 22.8 Å². The summed E-state index contributed by atoms with van der Waals surface area (Å²) in [4.78, 5) is 26.6. The van der Waals surface area contributed by atoms with E-state index in [0.717, 1.165) is 16.8 Å². The van der Waals surface area contributed by atoms with Crippen LogP contribution in [0.3, 0.4) is 0 Å². The summed E-state index contributed by atoms with van der Waals surface area (Å²) < 4.78 is 9.09. The highest BCUT2D eigenvalue weighted by Gasteiger charge is 2.21. The van der Waals surface area contributed by atoms with Crippen molar-refractivity contribution in [2.24, 2.45) is 7.05 Å². The van der Waals surface area contributed by atoms with E-state index in [2.05, 4.69) is 20.1 Å². The lowest BCUT2D eigenvalue weighted by atomic mass is 10.1. The molecule has 4 aromatic rings. The Bertz CT molecular complexity index is 1420. The molecule has 176 valence electrons. The van der Waals surface area contributed by atoms with Crippen molar-refractivity contribution in [2.75, 3.05) is 0 Å². The lowest BCUT2D eigenvalue weighted by Crippen LogP contribution is -2.26. The van der Waals surface area contributed by atoms with E-state index in [4.69, 9.17) is 4.74 Å². The number of hydrogen-bond donors (Lipinski definition) is 1. The summed E-state index contributed by atoms with van der Waals surface area (Å²) in [6.45, 7) is 8.93. The number of rotatable bonds is 6. The van der Waals surface area contributed by atoms with Crippen molar-refractivity contribution in [1.29, 1.82) is 0 Å². The first-order valence-corrected chi connectivity index (χ1v) is 10.9. The maximum absolute atomic E-state index is 13.4. The van der Waals surface area contributed by atoms with Gasteiger partial charge in [-0.15, -0.1) is 0 Å². The lowest BCUT2D eigenvalue weighted by molar-refractivity contribution is 0.0688. The topological polar surface area (TPSA) is 108 Å². The van der Waals surface area contributed by atoms with E-state index in [1.807, 2.05) is 44.4 Å². The van der Waals surface area contributed by atoms with E-state index < -0.39 is 5.60 Å². The molecular weight excluding hydrogens is 432 g/mol. The van der Waals surface area contributed by atoms with Gasteiger partial charge >= 0.3 is 0 Å². The third-order valence-corrected chi connectivity index (χ3v) is 5.51. The van der Waals surface area contributed by atoms with E-state index in [1.165, 1.54) is 0 Å². The highest BCUT2D eigenvalue weighted by Crippen LogP contribution is 2.26. The molecule has 1 N–H and O–H groups in total. The Morgan fingerprint density at radius 2 is 1.85 bits per heavy atom. The summed E-state index contributed by atoms with van der Waals surface area (Å²) in [5.41, 5.74) is 2.87. The Balaban J connectivity index is 1.73. The number of nitrogens with zero attached hydrogens (tertiary/aromatic N) is 6. The summed E-state index contributed by atoms with van der Waals surface area (Å²) in [5, 5.41) is 14.6. The normalized spacial score (nSPS) is 11.6. The van der Waals surface area contributed by atoms with Crippen LogP contribution in [0.4, 0.5) is 0 Å². The minimum atomic E-state index is -1.16. The van der Waals surface area contributed by atoms with Crippen molar-refractivity contribution in [1.82, 2.24) is 29.3 Å². The minimum Gasteiger partial charge on any atom is -0.471 e. The van der Waals surface area contributed by atoms with Crippen LogP contribution in [0.5, 0.6) is 5.88 Å². The Kier molecular flexibility index (Phi) is 6.05. The molecule has 3 heterocycles. The zero-order valence-electron chi connectivity index (χ0n) is 20.2. The van der Waals surface area contributed by atoms with Gasteiger partial charge in [0.2, 0.25) is 5.88 Å². The molecule has 0 fully saturated rings. The van der Waals surface area contributed by atoms with Gasteiger partial charge in [-0.2, -0.15) is 10.1 Å². The number of ether oxygens (including phenoxy) is 1. The van der Waals surface area contributed by atoms with Crippen LogP contribution in [0, 0.1) is 20.8 Å². The summed E-state index contributed by atoms with van der Waals surface area (Å²) in [6, 6.07) is 9.39. The molecule has 0 aliphatic carbocycles. The van der Waals surface area contributed by atoms with Gasteiger partial charge < -0.3 is 9.84 Å². The number of benzene rings is 1. The van der Waals surface area contributed by atoms with Gasteiger partial charge in [0.15, 0.2) is 5.82 Å². The first-order chi connectivity index (χ1) is 16.0. The first kappa shape index (κ1) is 23.3. The molecule has 4 rings (SSSR count). The molecule has 9 heteroatoms. The Hall–Kier alpha value is -3.85. The maximum Gasteiger partial charge on any atom is 0.264 e. The molecule has 0 saturated carbocycles. The highest BCUT2D eigenvalue weighted by atomic mass is 16.5. The SMILES string of the molecule is Cc1ccc(-c2ccnc(C(C)(C)O)n2)cc1-n1c(C)nc(OCc2ccn(C)n2)c(C)c1=O. The molecule has 9 nitrogen and oxygen atoms in total. The molecule has 0 bridgehead atoms. The van der Waals surface area contributed by atoms with Gasteiger partial charge in [0.1, 0.15) is 18.0 Å². The molecule has 0 radical (unpaired) electrons. The average Bonchev–Trinajstić information content (AvgIpc) is 3.21. The van der Waals surface area contributed by atoms with Crippen LogP contribution < -0.4 is 10.3 Å². The number of aryl methyl sites for hydroxylation is 3.